The maximum absolute atomic E-state index is 13.6. The number of phenols is 1. The monoisotopic (exact) mass is 336 g/mol. The van der Waals surface area contributed by atoms with Crippen molar-refractivity contribution in [1.29, 1.82) is 0 Å². The Balaban J connectivity index is 1.91. The van der Waals surface area contributed by atoms with Crippen molar-refractivity contribution in [3.8, 4) is 22.6 Å². The van der Waals surface area contributed by atoms with Crippen LogP contribution >= 0.6 is 7.37 Å². The average molecular weight is 336 g/mol. The molecule has 1 aliphatic heterocycles. The van der Waals surface area contributed by atoms with Gasteiger partial charge in [-0.1, -0.05) is 36.4 Å². The number of carbonyl (C=O) groups is 1. The van der Waals surface area contributed by atoms with Crippen LogP contribution in [0, 0.1) is 0 Å². The molecule has 3 aromatic rings. The third kappa shape index (κ3) is 2.15. The normalized spacial score (nSPS) is 18.2. The Morgan fingerprint density at radius 1 is 0.833 bits per heavy atom. The molecule has 1 atom stereocenters. The Labute approximate surface area is 138 Å². The molecule has 0 saturated heterocycles. The van der Waals surface area contributed by atoms with Crippen LogP contribution in [0.2, 0.25) is 0 Å². The van der Waals surface area contributed by atoms with Gasteiger partial charge in [-0.05, 0) is 42.0 Å². The van der Waals surface area contributed by atoms with Gasteiger partial charge in [0.15, 0.2) is 0 Å². The fourth-order valence-corrected chi connectivity index (χ4v) is 4.96. The van der Waals surface area contributed by atoms with Crippen LogP contribution in [0.3, 0.4) is 0 Å². The number of rotatable bonds is 2. The molecule has 0 amide bonds. The number of carbonyl (C=O) groups excluding carboxylic acids is 1. The summed E-state index contributed by atoms with van der Waals surface area (Å²) in [6.07, 6.45) is 0. The van der Waals surface area contributed by atoms with E-state index in [1.165, 1.54) is 24.3 Å². The molecule has 3 aromatic carbocycles. The van der Waals surface area contributed by atoms with E-state index < -0.39 is 12.9 Å². The first-order valence-electron chi connectivity index (χ1n) is 7.42. The van der Waals surface area contributed by atoms with E-state index in [1.807, 2.05) is 24.3 Å². The largest absolute Gasteiger partial charge is 0.508 e. The number of aromatic hydroxyl groups is 1. The lowest BCUT2D eigenvalue weighted by molar-refractivity contribution is 0.106. The maximum Gasteiger partial charge on any atom is 0.347 e. The van der Waals surface area contributed by atoms with E-state index in [0.29, 0.717) is 11.1 Å². The molecular weight excluding hydrogens is 323 g/mol. The van der Waals surface area contributed by atoms with Gasteiger partial charge in [0, 0.05) is 11.1 Å². The van der Waals surface area contributed by atoms with Gasteiger partial charge in [0.1, 0.15) is 11.5 Å². The second kappa shape index (κ2) is 5.36. The van der Waals surface area contributed by atoms with E-state index in [-0.39, 0.29) is 11.3 Å². The first-order chi connectivity index (χ1) is 11.6. The summed E-state index contributed by atoms with van der Waals surface area (Å²) >= 11 is 0. The SMILES string of the molecule is O=C(c1ccc(O)cc1)P1(=O)Oc2ccccc2-c2ccccc21. The predicted molar refractivity (Wildman–Crippen MR) is 92.2 cm³/mol. The van der Waals surface area contributed by atoms with E-state index in [4.69, 9.17) is 4.52 Å². The van der Waals surface area contributed by atoms with E-state index >= 15 is 0 Å². The minimum absolute atomic E-state index is 0.0418. The second-order valence-corrected chi connectivity index (χ2v) is 7.68. The van der Waals surface area contributed by atoms with Gasteiger partial charge in [-0.25, -0.2) is 0 Å². The summed E-state index contributed by atoms with van der Waals surface area (Å²) < 4.78 is 19.3. The molecule has 0 spiro atoms. The van der Waals surface area contributed by atoms with Crippen LogP contribution in [0.1, 0.15) is 10.4 Å². The van der Waals surface area contributed by atoms with Gasteiger partial charge in [-0.2, -0.15) is 0 Å². The summed E-state index contributed by atoms with van der Waals surface area (Å²) in [4.78, 5) is 12.9. The van der Waals surface area contributed by atoms with Crippen LogP contribution in [0.25, 0.3) is 11.1 Å². The van der Waals surface area contributed by atoms with Crippen molar-refractivity contribution >= 4 is 18.2 Å². The molecule has 1 N–H and O–H groups in total. The lowest BCUT2D eigenvalue weighted by Gasteiger charge is -2.27. The Hall–Kier alpha value is -2.84. The van der Waals surface area contributed by atoms with Gasteiger partial charge < -0.3 is 9.63 Å². The molecule has 0 bridgehead atoms. The van der Waals surface area contributed by atoms with E-state index in [1.54, 1.807) is 24.3 Å². The zero-order chi connectivity index (χ0) is 16.7. The average Bonchev–Trinajstić information content (AvgIpc) is 2.62. The third-order valence-corrected chi connectivity index (χ3v) is 6.28. The molecule has 5 heteroatoms. The summed E-state index contributed by atoms with van der Waals surface area (Å²) in [5.41, 5.74) is 1.22. The molecule has 0 fully saturated rings. The highest BCUT2D eigenvalue weighted by Crippen LogP contribution is 2.56. The summed E-state index contributed by atoms with van der Waals surface area (Å²) in [5, 5.41) is 9.79. The Kier molecular flexibility index (Phi) is 3.29. The molecule has 4 nitrogen and oxygen atoms in total. The van der Waals surface area contributed by atoms with Crippen molar-refractivity contribution in [2.45, 2.75) is 0 Å². The van der Waals surface area contributed by atoms with E-state index in [2.05, 4.69) is 0 Å². The van der Waals surface area contributed by atoms with Gasteiger partial charge in [-0.3, -0.25) is 9.36 Å². The molecule has 24 heavy (non-hydrogen) atoms. The summed E-state index contributed by atoms with van der Waals surface area (Å²) in [7, 11) is -3.78. The van der Waals surface area contributed by atoms with Crippen LogP contribution in [0.4, 0.5) is 0 Å². The van der Waals surface area contributed by atoms with Crippen molar-refractivity contribution in [2.24, 2.45) is 0 Å². The van der Waals surface area contributed by atoms with Gasteiger partial charge in [0.05, 0.1) is 5.30 Å². The number of fused-ring (bicyclic) bond motifs is 3. The van der Waals surface area contributed by atoms with Crippen LogP contribution in [-0.4, -0.2) is 10.6 Å². The Morgan fingerprint density at radius 2 is 1.46 bits per heavy atom. The van der Waals surface area contributed by atoms with Crippen LogP contribution in [0.15, 0.2) is 72.8 Å². The first kappa shape index (κ1) is 14.7. The van der Waals surface area contributed by atoms with Gasteiger partial charge >= 0.3 is 7.37 Å². The zero-order valence-corrected chi connectivity index (χ0v) is 13.4. The lowest BCUT2D eigenvalue weighted by Crippen LogP contribution is -2.23. The van der Waals surface area contributed by atoms with Gasteiger partial charge in [0.2, 0.25) is 0 Å². The van der Waals surface area contributed by atoms with Crippen LogP contribution in [0.5, 0.6) is 11.5 Å². The van der Waals surface area contributed by atoms with Crippen molar-refractivity contribution in [2.75, 3.05) is 0 Å². The van der Waals surface area contributed by atoms with Gasteiger partial charge in [0.25, 0.3) is 5.52 Å². The maximum atomic E-state index is 13.6. The van der Waals surface area contributed by atoms with E-state index in [0.717, 1.165) is 11.1 Å². The van der Waals surface area contributed by atoms with Crippen LogP contribution < -0.4 is 9.83 Å². The number of hydrogen-bond donors (Lipinski definition) is 1. The standard InChI is InChI=1S/C19H13O4P/c20-14-11-9-13(10-12-14)19(21)24(22)18-8-4-2-6-16(18)15-5-1-3-7-17(15)23-24/h1-12,20H. The van der Waals surface area contributed by atoms with Crippen molar-refractivity contribution < 1.29 is 19.0 Å². The Morgan fingerprint density at radius 3 is 2.21 bits per heavy atom. The van der Waals surface area contributed by atoms with E-state index in [9.17, 15) is 14.5 Å². The molecule has 1 heterocycles. The minimum Gasteiger partial charge on any atom is -0.508 e. The summed E-state index contributed by atoms with van der Waals surface area (Å²) in [5.74, 6) is 0.479. The number of phenolic OH excluding ortho intramolecular Hbond substituents is 1. The molecule has 1 aliphatic rings. The first-order valence-corrected chi connectivity index (χ1v) is 9.05. The summed E-state index contributed by atoms with van der Waals surface area (Å²) in [6, 6.07) is 20.0. The highest BCUT2D eigenvalue weighted by molar-refractivity contribution is 7.84. The quantitative estimate of drug-likeness (QED) is 0.713. The van der Waals surface area contributed by atoms with Crippen molar-refractivity contribution in [3.05, 3.63) is 78.4 Å². The van der Waals surface area contributed by atoms with Crippen molar-refractivity contribution in [3.63, 3.8) is 0 Å². The lowest BCUT2D eigenvalue weighted by atomic mass is 10.0. The summed E-state index contributed by atoms with van der Waals surface area (Å²) in [6.45, 7) is 0. The van der Waals surface area contributed by atoms with Crippen molar-refractivity contribution in [1.82, 2.24) is 0 Å². The molecule has 0 radical (unpaired) electrons. The molecule has 118 valence electrons. The molecule has 1 unspecified atom stereocenters. The van der Waals surface area contributed by atoms with Crippen LogP contribution in [-0.2, 0) is 4.57 Å². The molecule has 4 rings (SSSR count). The second-order valence-electron chi connectivity index (χ2n) is 5.51. The third-order valence-electron chi connectivity index (χ3n) is 4.01. The molecule has 0 saturated carbocycles. The zero-order valence-electron chi connectivity index (χ0n) is 12.5. The molecular formula is C19H13O4P. The molecule has 0 aromatic heterocycles. The topological polar surface area (TPSA) is 63.6 Å². The number of para-hydroxylation sites is 1. The van der Waals surface area contributed by atoms with Gasteiger partial charge in [-0.15, -0.1) is 0 Å². The number of benzene rings is 3. The highest BCUT2D eigenvalue weighted by Gasteiger charge is 2.43. The highest BCUT2D eigenvalue weighted by atomic mass is 31.2. The number of hydrogen-bond acceptors (Lipinski definition) is 4. The molecule has 0 aliphatic carbocycles. The minimum atomic E-state index is -3.78. The predicted octanol–water partition coefficient (Wildman–Crippen LogP) is 4.20. The fraction of sp³-hybridized carbons (Fsp3) is 0. The smallest absolute Gasteiger partial charge is 0.347 e. The Bertz CT molecular complexity index is 992. The fourth-order valence-electron chi connectivity index (χ4n) is 2.84.